The first-order valence-electron chi connectivity index (χ1n) is 14.5. The summed E-state index contributed by atoms with van der Waals surface area (Å²) in [6.45, 7) is 0. The summed E-state index contributed by atoms with van der Waals surface area (Å²) in [5, 5.41) is 24.3. The van der Waals surface area contributed by atoms with Crippen molar-refractivity contribution in [2.24, 2.45) is 9.98 Å². The van der Waals surface area contributed by atoms with Gasteiger partial charge in [-0.15, -0.1) is 22.7 Å². The third-order valence-corrected chi connectivity index (χ3v) is 12.3. The third-order valence-electron chi connectivity index (χ3n) is 7.14. The van der Waals surface area contributed by atoms with Crippen LogP contribution in [0.15, 0.2) is 107 Å². The molecule has 10 nitrogen and oxygen atoms in total. The quantitative estimate of drug-likeness (QED) is 0.109. The molecule has 0 fully saturated rings. The maximum Gasteiger partial charge on any atom is 0.269 e. The third kappa shape index (κ3) is 7.26. The highest BCUT2D eigenvalue weighted by atomic mass is 32.2. The Balaban J connectivity index is 1.22. The maximum atomic E-state index is 11.1. The number of hydrogen-bond acceptors (Lipinski definition) is 12. The van der Waals surface area contributed by atoms with Gasteiger partial charge in [-0.05, 0) is 70.8 Å². The molecule has 4 aromatic carbocycles. The highest BCUT2D eigenvalue weighted by Crippen LogP contribution is 2.38. The standard InChI is InChI=1S/C34H28N6O4S4/c1-37(2)31-29(23-9-17-27(18-10-23)39(41)42)45-33(47-31)35-25-13-5-21(6-14-25)22-7-15-26(16-8-22)36-34-46-30(32(48-34)38(3)4)24-11-19-28(20-12-24)40(43)44/h5-20H,1-4H3. The van der Waals surface area contributed by atoms with Crippen molar-refractivity contribution in [3.05, 3.63) is 125 Å². The number of nitro groups is 2. The Morgan fingerprint density at radius 2 is 0.792 bits per heavy atom. The zero-order valence-electron chi connectivity index (χ0n) is 26.2. The van der Waals surface area contributed by atoms with Gasteiger partial charge in [-0.3, -0.25) is 20.2 Å². The fraction of sp³-hybridized carbons (Fsp3) is 0.118. The average molecular weight is 713 g/mol. The minimum Gasteiger partial charge on any atom is -0.368 e. The molecule has 0 saturated heterocycles. The van der Waals surface area contributed by atoms with Gasteiger partial charge in [0, 0.05) is 52.5 Å². The molecule has 0 aliphatic heterocycles. The lowest BCUT2D eigenvalue weighted by molar-refractivity contribution is -0.385. The Kier molecular flexibility index (Phi) is 9.59. The average Bonchev–Trinajstić information content (AvgIpc) is 3.71. The summed E-state index contributed by atoms with van der Waals surface area (Å²) in [6.07, 6.45) is 0. The van der Waals surface area contributed by atoms with E-state index in [1.807, 2.05) is 62.3 Å². The van der Waals surface area contributed by atoms with E-state index in [-0.39, 0.29) is 11.4 Å². The number of anilines is 2. The fourth-order valence-electron chi connectivity index (χ4n) is 4.74. The Morgan fingerprint density at radius 3 is 1.08 bits per heavy atom. The van der Waals surface area contributed by atoms with Crippen molar-refractivity contribution in [3.8, 4) is 32.0 Å². The van der Waals surface area contributed by atoms with E-state index in [2.05, 4.69) is 24.3 Å². The summed E-state index contributed by atoms with van der Waals surface area (Å²) >= 11 is 6.29. The van der Waals surface area contributed by atoms with Gasteiger partial charge in [-0.25, -0.2) is 9.98 Å². The Bertz CT molecular complexity index is 2070. The summed E-state index contributed by atoms with van der Waals surface area (Å²) in [6, 6.07) is 29.4. The smallest absolute Gasteiger partial charge is 0.269 e. The molecular formula is C34H28N6O4S4. The molecule has 0 atom stereocenters. The van der Waals surface area contributed by atoms with Gasteiger partial charge in [0.1, 0.15) is 10.0 Å². The lowest BCUT2D eigenvalue weighted by Gasteiger charge is -2.11. The molecule has 0 spiro atoms. The minimum atomic E-state index is -0.393. The number of nitro benzene ring substituents is 2. The van der Waals surface area contributed by atoms with Crippen molar-refractivity contribution < 1.29 is 9.85 Å². The predicted octanol–water partition coefficient (Wildman–Crippen LogP) is 9.35. The number of benzene rings is 4. The van der Waals surface area contributed by atoms with Crippen LogP contribution in [0.1, 0.15) is 0 Å². The second-order valence-corrected chi connectivity index (χ2v) is 15.4. The van der Waals surface area contributed by atoms with Gasteiger partial charge in [-0.2, -0.15) is 0 Å². The zero-order valence-corrected chi connectivity index (χ0v) is 29.5. The molecular weight excluding hydrogens is 685 g/mol. The summed E-state index contributed by atoms with van der Waals surface area (Å²) in [5.74, 6) is 0. The van der Waals surface area contributed by atoms with Crippen LogP contribution in [0.4, 0.5) is 32.8 Å². The van der Waals surface area contributed by atoms with Gasteiger partial charge >= 0.3 is 0 Å². The molecule has 48 heavy (non-hydrogen) atoms. The van der Waals surface area contributed by atoms with Gasteiger partial charge < -0.3 is 9.80 Å². The first-order valence-corrected chi connectivity index (χ1v) is 17.7. The first-order chi connectivity index (χ1) is 23.0. The summed E-state index contributed by atoms with van der Waals surface area (Å²) in [5.41, 5.74) is 5.76. The molecule has 6 aromatic rings. The number of hydrogen-bond donors (Lipinski definition) is 0. The van der Waals surface area contributed by atoms with E-state index in [4.69, 9.17) is 9.98 Å². The molecule has 0 saturated carbocycles. The zero-order chi connectivity index (χ0) is 33.9. The molecule has 0 aliphatic carbocycles. The van der Waals surface area contributed by atoms with E-state index < -0.39 is 9.85 Å². The van der Waals surface area contributed by atoms with E-state index in [1.54, 1.807) is 69.6 Å². The Morgan fingerprint density at radius 1 is 0.479 bits per heavy atom. The number of nitrogens with zero attached hydrogens (tertiary/aromatic N) is 6. The number of rotatable bonds is 9. The van der Waals surface area contributed by atoms with Crippen LogP contribution in [0.25, 0.3) is 32.0 Å². The van der Waals surface area contributed by atoms with Gasteiger partial charge in [0.05, 0.1) is 31.0 Å². The lowest BCUT2D eigenvalue weighted by atomic mass is 10.1. The molecule has 14 heteroatoms. The van der Waals surface area contributed by atoms with Crippen LogP contribution in [0.5, 0.6) is 0 Å². The van der Waals surface area contributed by atoms with Crippen molar-refractivity contribution in [1.82, 2.24) is 0 Å². The van der Waals surface area contributed by atoms with Crippen molar-refractivity contribution in [2.75, 3.05) is 38.0 Å². The normalized spacial score (nSPS) is 11.9. The second-order valence-electron chi connectivity index (χ2n) is 10.9. The van der Waals surface area contributed by atoms with Crippen LogP contribution in [0.3, 0.4) is 0 Å². The monoisotopic (exact) mass is 712 g/mol. The molecule has 0 aliphatic rings. The molecule has 2 heterocycles. The first kappa shape index (κ1) is 32.9. The summed E-state index contributed by atoms with van der Waals surface area (Å²) < 4.78 is 1.77. The van der Waals surface area contributed by atoms with Crippen molar-refractivity contribution >= 4 is 78.1 Å². The van der Waals surface area contributed by atoms with E-state index in [0.29, 0.717) is 0 Å². The highest BCUT2D eigenvalue weighted by Gasteiger charge is 2.15. The van der Waals surface area contributed by atoms with Crippen LogP contribution in [-0.4, -0.2) is 38.0 Å². The maximum absolute atomic E-state index is 11.1. The number of non-ortho nitro benzene ring substituents is 2. The second kappa shape index (κ2) is 14.0. The highest BCUT2D eigenvalue weighted by molar-refractivity contribution is 7.33. The Labute approximate surface area is 291 Å². The molecule has 242 valence electrons. The van der Waals surface area contributed by atoms with Gasteiger partial charge in [0.25, 0.3) is 11.4 Å². The lowest BCUT2D eigenvalue weighted by Crippen LogP contribution is -2.07. The van der Waals surface area contributed by atoms with E-state index in [0.717, 1.165) is 61.4 Å². The molecule has 0 N–H and O–H groups in total. The van der Waals surface area contributed by atoms with Crippen molar-refractivity contribution in [1.29, 1.82) is 0 Å². The molecule has 6 rings (SSSR count). The van der Waals surface area contributed by atoms with Crippen LogP contribution < -0.4 is 17.8 Å². The van der Waals surface area contributed by atoms with Gasteiger partial charge in [0.2, 0.25) is 0 Å². The molecule has 0 unspecified atom stereocenters. The van der Waals surface area contributed by atoms with E-state index in [9.17, 15) is 20.2 Å². The fourth-order valence-corrected chi connectivity index (χ4v) is 9.67. The largest absolute Gasteiger partial charge is 0.368 e. The van der Waals surface area contributed by atoms with Crippen LogP contribution >= 0.6 is 45.3 Å². The van der Waals surface area contributed by atoms with Crippen molar-refractivity contribution in [3.63, 3.8) is 0 Å². The van der Waals surface area contributed by atoms with E-state index >= 15 is 0 Å². The van der Waals surface area contributed by atoms with Gasteiger partial charge in [-0.1, -0.05) is 46.9 Å². The minimum absolute atomic E-state index is 0.0662. The van der Waals surface area contributed by atoms with Crippen LogP contribution in [-0.2, 0) is 0 Å². The summed E-state index contributed by atoms with van der Waals surface area (Å²) in [7, 11) is 7.91. The van der Waals surface area contributed by atoms with E-state index in [1.165, 1.54) is 24.3 Å². The topological polar surface area (TPSA) is 117 Å². The molecule has 0 bridgehead atoms. The van der Waals surface area contributed by atoms with Crippen molar-refractivity contribution in [2.45, 2.75) is 0 Å². The molecule has 0 amide bonds. The van der Waals surface area contributed by atoms with Gasteiger partial charge in [0.15, 0.2) is 7.97 Å². The summed E-state index contributed by atoms with van der Waals surface area (Å²) in [4.78, 5) is 37.3. The SMILES string of the molecule is CN(C)c1sc(=Nc2ccc(-c3ccc(N=c4sc(-c5ccc([N+](=O)[O-])cc5)c(N(C)C)s4)cc3)cc2)sc1-c1ccc([N+](=O)[O-])cc1. The van der Waals surface area contributed by atoms with Crippen LogP contribution in [0, 0.1) is 20.2 Å². The predicted molar refractivity (Wildman–Crippen MR) is 200 cm³/mol. The Hall–Kier alpha value is -5.02. The molecule has 2 aromatic heterocycles. The van der Waals surface area contributed by atoms with Crippen LogP contribution in [0.2, 0.25) is 0 Å². The molecule has 0 radical (unpaired) electrons.